The third-order valence-electron chi connectivity index (χ3n) is 6.36. The molecule has 226 valence electrons. The molecule has 0 aliphatic rings. The number of nitrogens with one attached hydrogen (secondary N) is 3. The Morgan fingerprint density at radius 3 is 2.45 bits per heavy atom. The number of rotatable bonds is 14. The fourth-order valence-electron chi connectivity index (χ4n) is 3.77. The lowest BCUT2D eigenvalue weighted by atomic mass is 10.2. The average Bonchev–Trinajstić information content (AvgIpc) is 2.98. The van der Waals surface area contributed by atoms with Crippen LogP contribution in [0.4, 0.5) is 17.5 Å². The van der Waals surface area contributed by atoms with Crippen LogP contribution in [0.5, 0.6) is 0 Å². The normalized spacial score (nSPS) is 11.4. The molecule has 1 atom stereocenters. The summed E-state index contributed by atoms with van der Waals surface area (Å²) in [7, 11) is 9.03. The predicted molar refractivity (Wildman–Crippen MR) is 168 cm³/mol. The minimum Gasteiger partial charge on any atom is -0.358 e. The molecule has 11 nitrogen and oxygen atoms in total. The maximum absolute atomic E-state index is 12.5. The molecule has 11 heteroatoms. The smallest absolute Gasteiger partial charge is 0.251 e. The van der Waals surface area contributed by atoms with Crippen molar-refractivity contribution in [2.75, 3.05) is 65.1 Å². The number of benzene rings is 1. The molecule has 2 rings (SSSR count). The van der Waals surface area contributed by atoms with Crippen molar-refractivity contribution >= 4 is 35.2 Å². The first kappa shape index (κ1) is 33.8. The van der Waals surface area contributed by atoms with Crippen LogP contribution in [0.3, 0.4) is 0 Å². The summed E-state index contributed by atoms with van der Waals surface area (Å²) in [5, 5.41) is 8.68. The molecule has 0 saturated carbocycles. The zero-order valence-electron chi connectivity index (χ0n) is 25.8. The van der Waals surface area contributed by atoms with Gasteiger partial charge in [-0.15, -0.1) is 0 Å². The van der Waals surface area contributed by atoms with Gasteiger partial charge in [-0.25, -0.2) is 4.98 Å². The zero-order chi connectivity index (χ0) is 31.1. The number of carbonyl (C=O) groups excluding carboxylic acids is 3. The number of nitrogens with zero attached hydrogens (tertiary/aromatic N) is 5. The lowest BCUT2D eigenvalue weighted by molar-refractivity contribution is -0.135. The Morgan fingerprint density at radius 1 is 1.10 bits per heavy atom. The van der Waals surface area contributed by atoms with E-state index in [4.69, 9.17) is 4.98 Å². The van der Waals surface area contributed by atoms with Gasteiger partial charge in [0.2, 0.25) is 17.8 Å². The van der Waals surface area contributed by atoms with Gasteiger partial charge in [0.25, 0.3) is 5.91 Å². The Hall–Kier alpha value is -4.43. The number of hydrogen-bond acceptors (Lipinski definition) is 8. The molecule has 0 spiro atoms. The first-order valence-corrected chi connectivity index (χ1v) is 14.1. The van der Waals surface area contributed by atoms with E-state index in [9.17, 15) is 14.4 Å². The van der Waals surface area contributed by atoms with E-state index in [0.717, 1.165) is 24.5 Å². The van der Waals surface area contributed by atoms with Gasteiger partial charge in [-0.3, -0.25) is 14.4 Å². The van der Waals surface area contributed by atoms with E-state index in [-0.39, 0.29) is 17.7 Å². The molecular weight excluding hydrogens is 532 g/mol. The lowest BCUT2D eigenvalue weighted by Gasteiger charge is -2.23. The average molecular weight is 577 g/mol. The quantitative estimate of drug-likeness (QED) is 0.178. The minimum atomic E-state index is -0.581. The highest BCUT2D eigenvalue weighted by Crippen LogP contribution is 2.20. The van der Waals surface area contributed by atoms with Crippen LogP contribution >= 0.6 is 0 Å². The van der Waals surface area contributed by atoms with Gasteiger partial charge in [0.15, 0.2) is 0 Å². The van der Waals surface area contributed by atoms with Crippen molar-refractivity contribution in [1.82, 2.24) is 30.4 Å². The van der Waals surface area contributed by atoms with E-state index >= 15 is 0 Å². The summed E-state index contributed by atoms with van der Waals surface area (Å²) in [6.45, 7) is 5.72. The van der Waals surface area contributed by atoms with Crippen LogP contribution in [0.1, 0.15) is 49.0 Å². The van der Waals surface area contributed by atoms with Crippen molar-refractivity contribution in [3.8, 4) is 11.8 Å². The summed E-state index contributed by atoms with van der Waals surface area (Å²) in [5.74, 6) is 6.92. The van der Waals surface area contributed by atoms with Crippen LogP contribution in [-0.2, 0) is 9.59 Å². The highest BCUT2D eigenvalue weighted by Gasteiger charge is 2.20. The number of likely N-dealkylation sites (N-methyl/N-ethyl adjacent to an activating group) is 2. The monoisotopic (exact) mass is 576 g/mol. The van der Waals surface area contributed by atoms with Gasteiger partial charge in [0.05, 0.1) is 11.8 Å². The van der Waals surface area contributed by atoms with E-state index in [0.29, 0.717) is 43.0 Å². The first-order valence-electron chi connectivity index (χ1n) is 14.1. The molecule has 0 unspecified atom stereocenters. The summed E-state index contributed by atoms with van der Waals surface area (Å²) < 4.78 is 0. The molecule has 0 aliphatic heterocycles. The second-order valence-electron chi connectivity index (χ2n) is 10.1. The molecule has 3 N–H and O–H groups in total. The Bertz CT molecular complexity index is 1280. The molecule has 0 fully saturated rings. The number of anilines is 3. The highest BCUT2D eigenvalue weighted by molar-refractivity contribution is 5.94. The van der Waals surface area contributed by atoms with Gasteiger partial charge < -0.3 is 30.7 Å². The second kappa shape index (κ2) is 17.4. The Labute approximate surface area is 249 Å². The van der Waals surface area contributed by atoms with Crippen molar-refractivity contribution in [3.05, 3.63) is 53.7 Å². The van der Waals surface area contributed by atoms with Crippen molar-refractivity contribution in [3.63, 3.8) is 0 Å². The summed E-state index contributed by atoms with van der Waals surface area (Å²) in [6.07, 6.45) is 7.15. The fourth-order valence-corrected chi connectivity index (χ4v) is 3.77. The molecule has 42 heavy (non-hydrogen) atoms. The third kappa shape index (κ3) is 10.9. The maximum Gasteiger partial charge on any atom is 0.251 e. The van der Waals surface area contributed by atoms with Crippen LogP contribution in [0.15, 0.2) is 42.6 Å². The molecule has 1 aromatic heterocycles. The number of amides is 3. The van der Waals surface area contributed by atoms with Crippen LogP contribution in [0.2, 0.25) is 0 Å². The Kier molecular flexibility index (Phi) is 14.0. The van der Waals surface area contributed by atoms with Gasteiger partial charge in [0.1, 0.15) is 11.9 Å². The van der Waals surface area contributed by atoms with Crippen molar-refractivity contribution in [1.29, 1.82) is 0 Å². The van der Waals surface area contributed by atoms with E-state index in [1.807, 2.05) is 30.9 Å². The van der Waals surface area contributed by atoms with E-state index in [1.165, 1.54) is 11.0 Å². The fraction of sp³-hybridized carbons (Fsp3) is 0.452. The van der Waals surface area contributed by atoms with E-state index in [1.54, 1.807) is 57.6 Å². The van der Waals surface area contributed by atoms with Crippen molar-refractivity contribution < 1.29 is 14.4 Å². The topological polar surface area (TPSA) is 123 Å². The number of unbranched alkanes of at least 4 members (excludes halogenated alkanes) is 1. The highest BCUT2D eigenvalue weighted by atomic mass is 16.2. The zero-order valence-corrected chi connectivity index (χ0v) is 25.8. The van der Waals surface area contributed by atoms with Crippen LogP contribution in [-0.4, -0.2) is 98.4 Å². The molecule has 0 bridgehead atoms. The first-order chi connectivity index (χ1) is 20.1. The van der Waals surface area contributed by atoms with Crippen LogP contribution < -0.4 is 20.9 Å². The molecule has 2 aromatic rings. The molecule has 3 amide bonds. The standard InChI is InChI=1S/C31H44N8O3/c1-8-20-38(6)28-25(22-34-31(36-28)35-26-17-15-24(16-18-26)30(42)32-3)13-10-9-11-19-33-29(41)23(2)39(7)27(40)14-12-21-37(4)5/h12,14-18,22-23H,8-9,11,19-21H2,1-7H3,(H,32,42)(H,33,41)(H,34,35,36)/b14-12+/t23-/m0/s1. The molecule has 0 radical (unpaired) electrons. The molecule has 0 aliphatic carbocycles. The molecule has 1 heterocycles. The van der Waals surface area contributed by atoms with E-state index in [2.05, 4.69) is 39.7 Å². The third-order valence-corrected chi connectivity index (χ3v) is 6.36. The number of aromatic nitrogens is 2. The molecule has 0 saturated heterocycles. The Morgan fingerprint density at radius 2 is 1.81 bits per heavy atom. The summed E-state index contributed by atoms with van der Waals surface area (Å²) in [4.78, 5) is 51.1. The lowest BCUT2D eigenvalue weighted by Crippen LogP contribution is -2.45. The molecular formula is C31H44N8O3. The largest absolute Gasteiger partial charge is 0.358 e. The maximum atomic E-state index is 12.5. The minimum absolute atomic E-state index is 0.149. The predicted octanol–water partition coefficient (Wildman–Crippen LogP) is 2.64. The van der Waals surface area contributed by atoms with Gasteiger partial charge >= 0.3 is 0 Å². The Balaban J connectivity index is 1.96. The van der Waals surface area contributed by atoms with Gasteiger partial charge in [-0.05, 0) is 58.1 Å². The number of hydrogen-bond donors (Lipinski definition) is 3. The van der Waals surface area contributed by atoms with Crippen molar-refractivity contribution in [2.24, 2.45) is 0 Å². The van der Waals surface area contributed by atoms with E-state index < -0.39 is 6.04 Å². The van der Waals surface area contributed by atoms with Crippen molar-refractivity contribution in [2.45, 2.75) is 39.2 Å². The summed E-state index contributed by atoms with van der Waals surface area (Å²) >= 11 is 0. The van der Waals surface area contributed by atoms with Crippen LogP contribution in [0, 0.1) is 11.8 Å². The van der Waals surface area contributed by atoms with Crippen LogP contribution in [0.25, 0.3) is 0 Å². The van der Waals surface area contributed by atoms with Gasteiger partial charge in [-0.1, -0.05) is 24.8 Å². The SMILES string of the molecule is CCCN(C)c1nc(Nc2ccc(C(=O)NC)cc2)ncc1C#CCCCNC(=O)[C@H](C)N(C)C(=O)/C=C/CN(C)C. The summed E-state index contributed by atoms with van der Waals surface area (Å²) in [6, 6.07) is 6.49. The number of carbonyl (C=O) groups is 3. The molecule has 1 aromatic carbocycles. The van der Waals surface area contributed by atoms with Gasteiger partial charge in [-0.2, -0.15) is 4.98 Å². The van der Waals surface area contributed by atoms with Gasteiger partial charge in [0, 0.05) is 64.5 Å². The second-order valence-corrected chi connectivity index (χ2v) is 10.1. The summed E-state index contributed by atoms with van der Waals surface area (Å²) in [5.41, 5.74) is 2.04.